The van der Waals surface area contributed by atoms with Crippen LogP contribution in [-0.4, -0.2) is 26.8 Å². The highest BCUT2D eigenvalue weighted by Gasteiger charge is 2.09. The van der Waals surface area contributed by atoms with Gasteiger partial charge in [-0.05, 0) is 48.4 Å². The fourth-order valence-corrected chi connectivity index (χ4v) is 2.78. The second kappa shape index (κ2) is 8.79. The average molecular weight is 389 g/mol. The van der Waals surface area contributed by atoms with Crippen LogP contribution in [0.1, 0.15) is 29.8 Å². The second-order valence-electron chi connectivity index (χ2n) is 6.42. The second-order valence-corrected chi connectivity index (χ2v) is 7.98. The van der Waals surface area contributed by atoms with E-state index >= 15 is 0 Å². The Bertz CT molecular complexity index is 905. The molecule has 2 aromatic rings. The van der Waals surface area contributed by atoms with Crippen molar-refractivity contribution in [1.29, 1.82) is 0 Å². The molecule has 2 rings (SSSR count). The number of sulfonamides is 1. The van der Waals surface area contributed by atoms with E-state index in [0.717, 1.165) is 5.56 Å². The zero-order valence-corrected chi connectivity index (χ0v) is 16.0. The Kier molecular flexibility index (Phi) is 6.70. The first-order chi connectivity index (χ1) is 12.7. The SMILES string of the molecule is CC(C)C(=O)Nc1ccc(C(=O)NCCc2ccc(S(N)(=O)=O)cc2)cc1. The normalized spacial score (nSPS) is 11.3. The van der Waals surface area contributed by atoms with Crippen molar-refractivity contribution < 1.29 is 18.0 Å². The minimum Gasteiger partial charge on any atom is -0.352 e. The first-order valence-electron chi connectivity index (χ1n) is 8.47. The summed E-state index contributed by atoms with van der Waals surface area (Å²) in [6.45, 7) is 4.01. The minimum atomic E-state index is -3.70. The summed E-state index contributed by atoms with van der Waals surface area (Å²) in [6, 6.07) is 12.9. The summed E-state index contributed by atoms with van der Waals surface area (Å²) in [4.78, 5) is 23.9. The molecule has 4 N–H and O–H groups in total. The van der Waals surface area contributed by atoms with Gasteiger partial charge in [-0.25, -0.2) is 13.6 Å². The summed E-state index contributed by atoms with van der Waals surface area (Å²) in [5.74, 6) is -0.425. The number of carbonyl (C=O) groups excluding carboxylic acids is 2. The lowest BCUT2D eigenvalue weighted by Crippen LogP contribution is -2.25. The Morgan fingerprint density at radius 3 is 2.11 bits per heavy atom. The van der Waals surface area contributed by atoms with Crippen molar-refractivity contribution in [2.75, 3.05) is 11.9 Å². The van der Waals surface area contributed by atoms with Crippen molar-refractivity contribution in [3.8, 4) is 0 Å². The van der Waals surface area contributed by atoms with E-state index in [-0.39, 0.29) is 22.6 Å². The highest BCUT2D eigenvalue weighted by molar-refractivity contribution is 7.89. The Balaban J connectivity index is 1.86. The molecular weight excluding hydrogens is 366 g/mol. The van der Waals surface area contributed by atoms with E-state index in [9.17, 15) is 18.0 Å². The van der Waals surface area contributed by atoms with Crippen LogP contribution in [0.15, 0.2) is 53.4 Å². The molecule has 27 heavy (non-hydrogen) atoms. The average Bonchev–Trinajstić information content (AvgIpc) is 2.61. The number of benzene rings is 2. The van der Waals surface area contributed by atoms with Gasteiger partial charge in [0.15, 0.2) is 0 Å². The largest absolute Gasteiger partial charge is 0.352 e. The number of hydrogen-bond donors (Lipinski definition) is 3. The lowest BCUT2D eigenvalue weighted by molar-refractivity contribution is -0.118. The molecule has 0 heterocycles. The van der Waals surface area contributed by atoms with Crippen molar-refractivity contribution in [3.63, 3.8) is 0 Å². The summed E-state index contributed by atoms with van der Waals surface area (Å²) in [5.41, 5.74) is 2.01. The van der Waals surface area contributed by atoms with Gasteiger partial charge in [-0.2, -0.15) is 0 Å². The van der Waals surface area contributed by atoms with Crippen molar-refractivity contribution in [3.05, 3.63) is 59.7 Å². The predicted octanol–water partition coefficient (Wildman–Crippen LogP) is 1.90. The van der Waals surface area contributed by atoms with Crippen LogP contribution >= 0.6 is 0 Å². The first-order valence-corrected chi connectivity index (χ1v) is 10.0. The molecule has 0 aliphatic rings. The number of anilines is 1. The Morgan fingerprint density at radius 1 is 1.00 bits per heavy atom. The molecule has 0 aromatic heterocycles. The topological polar surface area (TPSA) is 118 Å². The van der Waals surface area contributed by atoms with Crippen molar-refractivity contribution in [1.82, 2.24) is 5.32 Å². The number of carbonyl (C=O) groups is 2. The van der Waals surface area contributed by atoms with Crippen molar-refractivity contribution >= 4 is 27.5 Å². The van der Waals surface area contributed by atoms with Gasteiger partial charge in [-0.15, -0.1) is 0 Å². The van der Waals surface area contributed by atoms with Gasteiger partial charge in [-0.1, -0.05) is 26.0 Å². The molecule has 0 fully saturated rings. The Hall–Kier alpha value is -2.71. The van der Waals surface area contributed by atoms with Crippen LogP contribution in [0, 0.1) is 5.92 Å². The van der Waals surface area contributed by atoms with Gasteiger partial charge in [-0.3, -0.25) is 9.59 Å². The lowest BCUT2D eigenvalue weighted by Gasteiger charge is -2.09. The van der Waals surface area contributed by atoms with Gasteiger partial charge in [0.05, 0.1) is 4.90 Å². The monoisotopic (exact) mass is 389 g/mol. The van der Waals surface area contributed by atoms with Crippen molar-refractivity contribution in [2.45, 2.75) is 25.2 Å². The summed E-state index contributed by atoms with van der Waals surface area (Å²) >= 11 is 0. The molecule has 0 aliphatic carbocycles. The molecule has 0 aliphatic heterocycles. The molecule has 144 valence electrons. The molecule has 8 heteroatoms. The van der Waals surface area contributed by atoms with Crippen LogP contribution in [0.25, 0.3) is 0 Å². The molecule has 0 saturated heterocycles. The third kappa shape index (κ3) is 6.19. The van der Waals surface area contributed by atoms with Crippen LogP contribution in [0.5, 0.6) is 0 Å². The number of amides is 2. The summed E-state index contributed by atoms with van der Waals surface area (Å²) in [5, 5.41) is 10.6. The van der Waals surface area contributed by atoms with E-state index in [0.29, 0.717) is 24.2 Å². The number of hydrogen-bond acceptors (Lipinski definition) is 4. The molecule has 0 saturated carbocycles. The van der Waals surface area contributed by atoms with Crippen LogP contribution in [0.4, 0.5) is 5.69 Å². The molecular formula is C19H23N3O4S. The standard InChI is InChI=1S/C19H23N3O4S/c1-13(2)18(23)22-16-7-5-15(6-8-16)19(24)21-12-11-14-3-9-17(10-4-14)27(20,25)26/h3-10,13H,11-12H2,1-2H3,(H,21,24)(H,22,23)(H2,20,25,26). The first kappa shape index (κ1) is 20.6. The molecule has 0 atom stereocenters. The molecule has 2 aromatic carbocycles. The Morgan fingerprint density at radius 2 is 1.59 bits per heavy atom. The third-order valence-electron chi connectivity index (χ3n) is 3.89. The molecule has 2 amide bonds. The molecule has 0 spiro atoms. The molecule has 0 bridgehead atoms. The molecule has 7 nitrogen and oxygen atoms in total. The van der Waals surface area contributed by atoms with Gasteiger partial charge in [0.2, 0.25) is 15.9 Å². The van der Waals surface area contributed by atoms with Crippen LogP contribution in [0.3, 0.4) is 0 Å². The van der Waals surface area contributed by atoms with E-state index in [4.69, 9.17) is 5.14 Å². The lowest BCUT2D eigenvalue weighted by atomic mass is 10.1. The van der Waals surface area contributed by atoms with Gasteiger partial charge in [0, 0.05) is 23.7 Å². The smallest absolute Gasteiger partial charge is 0.251 e. The fourth-order valence-electron chi connectivity index (χ4n) is 2.26. The molecule has 0 unspecified atom stereocenters. The van der Waals surface area contributed by atoms with Gasteiger partial charge >= 0.3 is 0 Å². The van der Waals surface area contributed by atoms with Crippen LogP contribution < -0.4 is 15.8 Å². The number of nitrogens with one attached hydrogen (secondary N) is 2. The van der Waals surface area contributed by atoms with Gasteiger partial charge < -0.3 is 10.6 Å². The number of nitrogens with two attached hydrogens (primary N) is 1. The molecule has 0 radical (unpaired) electrons. The third-order valence-corrected chi connectivity index (χ3v) is 4.82. The summed E-state index contributed by atoms with van der Waals surface area (Å²) < 4.78 is 22.4. The van der Waals surface area contributed by atoms with E-state index < -0.39 is 10.0 Å². The number of primary sulfonamides is 1. The zero-order valence-electron chi connectivity index (χ0n) is 15.2. The fraction of sp³-hybridized carbons (Fsp3) is 0.263. The highest BCUT2D eigenvalue weighted by atomic mass is 32.2. The van der Waals surface area contributed by atoms with E-state index in [1.807, 2.05) is 0 Å². The van der Waals surface area contributed by atoms with E-state index in [2.05, 4.69) is 10.6 Å². The van der Waals surface area contributed by atoms with Crippen molar-refractivity contribution in [2.24, 2.45) is 11.1 Å². The van der Waals surface area contributed by atoms with Crippen LogP contribution in [-0.2, 0) is 21.2 Å². The summed E-state index contributed by atoms with van der Waals surface area (Å²) in [6.07, 6.45) is 0.555. The van der Waals surface area contributed by atoms with E-state index in [1.165, 1.54) is 12.1 Å². The quantitative estimate of drug-likeness (QED) is 0.670. The number of rotatable bonds is 7. The van der Waals surface area contributed by atoms with Gasteiger partial charge in [0.25, 0.3) is 5.91 Å². The highest BCUT2D eigenvalue weighted by Crippen LogP contribution is 2.12. The predicted molar refractivity (Wildman–Crippen MR) is 104 cm³/mol. The zero-order chi connectivity index (χ0) is 20.0. The maximum Gasteiger partial charge on any atom is 0.251 e. The maximum absolute atomic E-state index is 12.2. The van der Waals surface area contributed by atoms with Gasteiger partial charge in [0.1, 0.15) is 0 Å². The van der Waals surface area contributed by atoms with Crippen LogP contribution in [0.2, 0.25) is 0 Å². The Labute approximate surface area is 159 Å². The minimum absolute atomic E-state index is 0.0555. The summed E-state index contributed by atoms with van der Waals surface area (Å²) in [7, 11) is -3.70. The maximum atomic E-state index is 12.2. The van der Waals surface area contributed by atoms with E-state index in [1.54, 1.807) is 50.2 Å².